The number of benzene rings is 1. The minimum absolute atomic E-state index is 0.151. The van der Waals surface area contributed by atoms with Crippen LogP contribution in [0, 0.1) is 5.82 Å². The molecule has 0 heterocycles. The quantitative estimate of drug-likeness (QED) is 0.679. The van der Waals surface area contributed by atoms with E-state index in [1.165, 1.54) is 0 Å². The highest BCUT2D eigenvalue weighted by atomic mass is 79.9. The lowest BCUT2D eigenvalue weighted by atomic mass is 10.1. The van der Waals surface area contributed by atoms with E-state index in [2.05, 4.69) is 15.9 Å². The average molecular weight is 293 g/mol. The van der Waals surface area contributed by atoms with E-state index in [4.69, 9.17) is 0 Å². The number of halogens is 7. The molecule has 0 amide bonds. The summed E-state index contributed by atoms with van der Waals surface area (Å²) < 4.78 is 73.5. The van der Waals surface area contributed by atoms with Crippen molar-refractivity contribution in [1.82, 2.24) is 0 Å². The maximum absolute atomic E-state index is 12.7. The normalized spacial score (nSPS) is 13.0. The van der Waals surface area contributed by atoms with E-state index in [1.54, 1.807) is 0 Å². The fourth-order valence-electron chi connectivity index (χ4n) is 0.899. The molecular formula is C8H3BrF6. The molecule has 1 rings (SSSR count). The molecule has 0 N–H and O–H groups in total. The number of hydrogen-bond acceptors (Lipinski definition) is 0. The lowest BCUT2D eigenvalue weighted by molar-refractivity contribution is -0.289. The Morgan fingerprint density at radius 2 is 1.47 bits per heavy atom. The molecule has 0 unspecified atom stereocenters. The smallest absolute Gasteiger partial charge is 0.207 e. The third-order valence-corrected chi connectivity index (χ3v) is 2.04. The van der Waals surface area contributed by atoms with Crippen LogP contribution in [0.4, 0.5) is 26.3 Å². The number of alkyl halides is 5. The second-order valence-electron chi connectivity index (χ2n) is 2.73. The Kier molecular flexibility index (Phi) is 3.04. The Labute approximate surface area is 89.0 Å². The first-order valence-corrected chi connectivity index (χ1v) is 4.35. The van der Waals surface area contributed by atoms with Gasteiger partial charge in [-0.1, -0.05) is 15.9 Å². The standard InChI is InChI=1S/C8H3BrF6/c9-5-1-4(2-6(10)3-5)7(11,12)8(13,14)15/h1-3H. The third-order valence-electron chi connectivity index (χ3n) is 1.58. The van der Waals surface area contributed by atoms with Crippen molar-refractivity contribution >= 4 is 15.9 Å². The summed E-state index contributed by atoms with van der Waals surface area (Å²) in [5.41, 5.74) is -1.43. The Morgan fingerprint density at radius 3 is 1.87 bits per heavy atom. The van der Waals surface area contributed by atoms with Crippen LogP contribution in [-0.2, 0) is 5.92 Å². The van der Waals surface area contributed by atoms with Crippen LogP contribution in [0.5, 0.6) is 0 Å². The van der Waals surface area contributed by atoms with Gasteiger partial charge in [0.1, 0.15) is 5.82 Å². The van der Waals surface area contributed by atoms with Gasteiger partial charge >= 0.3 is 12.1 Å². The molecule has 0 fully saturated rings. The Morgan fingerprint density at radius 1 is 0.933 bits per heavy atom. The summed E-state index contributed by atoms with van der Waals surface area (Å²) in [5.74, 6) is -6.22. The van der Waals surface area contributed by atoms with Gasteiger partial charge in [-0.3, -0.25) is 0 Å². The highest BCUT2D eigenvalue weighted by Crippen LogP contribution is 2.44. The van der Waals surface area contributed by atoms with E-state index >= 15 is 0 Å². The molecule has 1 aromatic carbocycles. The zero-order chi connectivity index (χ0) is 11.9. The van der Waals surface area contributed by atoms with Crippen molar-refractivity contribution in [3.8, 4) is 0 Å². The molecule has 0 bridgehead atoms. The zero-order valence-electron chi connectivity index (χ0n) is 6.88. The monoisotopic (exact) mass is 292 g/mol. The van der Waals surface area contributed by atoms with E-state index < -0.39 is 23.5 Å². The average Bonchev–Trinajstić information content (AvgIpc) is 1.99. The molecule has 7 heteroatoms. The summed E-state index contributed by atoms with van der Waals surface area (Å²) in [6.07, 6.45) is -5.74. The second kappa shape index (κ2) is 3.70. The van der Waals surface area contributed by atoms with Gasteiger partial charge in [0, 0.05) is 10.0 Å². The Bertz CT molecular complexity index is 350. The van der Waals surface area contributed by atoms with Crippen molar-refractivity contribution in [2.75, 3.05) is 0 Å². The first kappa shape index (κ1) is 12.4. The maximum Gasteiger partial charge on any atom is 0.458 e. The van der Waals surface area contributed by atoms with Gasteiger partial charge in [-0.25, -0.2) is 4.39 Å². The van der Waals surface area contributed by atoms with Crippen molar-refractivity contribution in [2.24, 2.45) is 0 Å². The van der Waals surface area contributed by atoms with E-state index in [1.807, 2.05) is 0 Å². The lowest BCUT2D eigenvalue weighted by Gasteiger charge is -2.19. The molecule has 0 aliphatic rings. The van der Waals surface area contributed by atoms with Crippen molar-refractivity contribution in [1.29, 1.82) is 0 Å². The van der Waals surface area contributed by atoms with Crippen LogP contribution in [0.1, 0.15) is 5.56 Å². The first-order chi connectivity index (χ1) is 6.64. The molecule has 0 saturated heterocycles. The second-order valence-corrected chi connectivity index (χ2v) is 3.65. The summed E-state index contributed by atoms with van der Waals surface area (Å²) in [4.78, 5) is 0. The van der Waals surface area contributed by atoms with Crippen molar-refractivity contribution in [3.63, 3.8) is 0 Å². The molecule has 0 atom stereocenters. The predicted octanol–water partition coefficient (Wildman–Crippen LogP) is 4.24. The van der Waals surface area contributed by atoms with E-state index in [0.717, 1.165) is 6.07 Å². The minimum atomic E-state index is -5.74. The van der Waals surface area contributed by atoms with Crippen molar-refractivity contribution < 1.29 is 26.3 Å². The first-order valence-electron chi connectivity index (χ1n) is 3.55. The van der Waals surface area contributed by atoms with Gasteiger partial charge in [0.25, 0.3) is 0 Å². The molecule has 0 aliphatic heterocycles. The van der Waals surface area contributed by atoms with Gasteiger partial charge < -0.3 is 0 Å². The molecule has 0 aromatic heterocycles. The summed E-state index contributed by atoms with van der Waals surface area (Å²) >= 11 is 2.63. The van der Waals surface area contributed by atoms with Crippen LogP contribution in [0.15, 0.2) is 22.7 Å². The minimum Gasteiger partial charge on any atom is -0.207 e. The van der Waals surface area contributed by atoms with Crippen LogP contribution in [0.3, 0.4) is 0 Å². The third kappa shape index (κ3) is 2.45. The van der Waals surface area contributed by atoms with Crippen LogP contribution < -0.4 is 0 Å². The van der Waals surface area contributed by atoms with Gasteiger partial charge in [0.15, 0.2) is 0 Å². The summed E-state index contributed by atoms with van der Waals surface area (Å²) in [6, 6.07) is 1.46. The van der Waals surface area contributed by atoms with Gasteiger partial charge in [0.05, 0.1) is 0 Å². The van der Waals surface area contributed by atoms with Crippen LogP contribution in [0.2, 0.25) is 0 Å². The summed E-state index contributed by atoms with van der Waals surface area (Å²) in [7, 11) is 0. The summed E-state index contributed by atoms with van der Waals surface area (Å²) in [5, 5.41) is 0. The predicted molar refractivity (Wildman–Crippen MR) is 44.0 cm³/mol. The van der Waals surface area contributed by atoms with E-state index in [0.29, 0.717) is 6.07 Å². The zero-order valence-corrected chi connectivity index (χ0v) is 8.46. The van der Waals surface area contributed by atoms with Crippen LogP contribution in [-0.4, -0.2) is 6.18 Å². The summed E-state index contributed by atoms with van der Waals surface area (Å²) in [6.45, 7) is 0. The van der Waals surface area contributed by atoms with Gasteiger partial charge in [-0.2, -0.15) is 22.0 Å². The number of rotatable bonds is 1. The largest absolute Gasteiger partial charge is 0.458 e. The molecule has 0 radical (unpaired) electrons. The molecule has 15 heavy (non-hydrogen) atoms. The Hall–Kier alpha value is -0.720. The highest BCUT2D eigenvalue weighted by molar-refractivity contribution is 9.10. The van der Waals surface area contributed by atoms with E-state index in [9.17, 15) is 26.3 Å². The van der Waals surface area contributed by atoms with Crippen LogP contribution in [0.25, 0.3) is 0 Å². The molecule has 0 spiro atoms. The highest BCUT2D eigenvalue weighted by Gasteiger charge is 2.58. The molecule has 0 aliphatic carbocycles. The van der Waals surface area contributed by atoms with Crippen molar-refractivity contribution in [2.45, 2.75) is 12.1 Å². The van der Waals surface area contributed by atoms with Crippen LogP contribution >= 0.6 is 15.9 Å². The maximum atomic E-state index is 12.7. The topological polar surface area (TPSA) is 0 Å². The molecule has 1 aromatic rings. The molecule has 0 saturated carbocycles. The molecule has 84 valence electrons. The van der Waals surface area contributed by atoms with Crippen molar-refractivity contribution in [3.05, 3.63) is 34.1 Å². The van der Waals surface area contributed by atoms with Gasteiger partial charge in [0.2, 0.25) is 0 Å². The molecular weight excluding hydrogens is 290 g/mol. The fourth-order valence-corrected chi connectivity index (χ4v) is 1.36. The molecule has 0 nitrogen and oxygen atoms in total. The SMILES string of the molecule is Fc1cc(Br)cc(C(F)(F)C(F)(F)F)c1. The van der Waals surface area contributed by atoms with E-state index in [-0.39, 0.29) is 10.5 Å². The fraction of sp³-hybridized carbons (Fsp3) is 0.250. The van der Waals surface area contributed by atoms with Gasteiger partial charge in [-0.05, 0) is 18.2 Å². The Balaban J connectivity index is 3.27. The van der Waals surface area contributed by atoms with Gasteiger partial charge in [-0.15, -0.1) is 0 Å². The lowest BCUT2D eigenvalue weighted by Crippen LogP contribution is -2.33. The number of hydrogen-bond donors (Lipinski definition) is 0.